The van der Waals surface area contributed by atoms with Crippen LogP contribution in [0.2, 0.25) is 0 Å². The molecule has 0 fully saturated rings. The van der Waals surface area contributed by atoms with Crippen molar-refractivity contribution >= 4 is 11.7 Å². The predicted octanol–water partition coefficient (Wildman–Crippen LogP) is 3.64. The molecule has 0 amide bonds. The van der Waals surface area contributed by atoms with E-state index in [0.29, 0.717) is 5.76 Å². The summed E-state index contributed by atoms with van der Waals surface area (Å²) in [6, 6.07) is 9.62. The van der Waals surface area contributed by atoms with Gasteiger partial charge in [-0.25, -0.2) is 0 Å². The fraction of sp³-hybridized carbons (Fsp3) is 0.357. The maximum Gasteiger partial charge on any atom is 0.316 e. The molecule has 0 saturated heterocycles. The first kappa shape index (κ1) is 12.5. The second kappa shape index (κ2) is 4.97. The molecule has 0 aliphatic heterocycles. The van der Waals surface area contributed by atoms with E-state index in [1.165, 1.54) is 0 Å². The fourth-order valence-corrected chi connectivity index (χ4v) is 1.14. The van der Waals surface area contributed by atoms with Crippen LogP contribution >= 0.6 is 0 Å². The molecular formula is C14H18O2. The summed E-state index contributed by atoms with van der Waals surface area (Å²) in [5.74, 6) is 0.393. The average Bonchev–Trinajstić information content (AvgIpc) is 2.25. The van der Waals surface area contributed by atoms with E-state index in [2.05, 4.69) is 0 Å². The third kappa shape index (κ3) is 3.23. The molecule has 86 valence electrons. The van der Waals surface area contributed by atoms with Gasteiger partial charge in [0.05, 0.1) is 5.41 Å². The van der Waals surface area contributed by atoms with Crippen LogP contribution in [-0.2, 0) is 9.53 Å². The zero-order chi connectivity index (χ0) is 12.2. The van der Waals surface area contributed by atoms with Crippen LogP contribution in [0.4, 0.5) is 0 Å². The predicted molar refractivity (Wildman–Crippen MR) is 65.6 cm³/mol. The fourth-order valence-electron chi connectivity index (χ4n) is 1.14. The van der Waals surface area contributed by atoms with Crippen molar-refractivity contribution in [3.05, 3.63) is 42.0 Å². The van der Waals surface area contributed by atoms with Crippen molar-refractivity contribution in [1.29, 1.82) is 0 Å². The van der Waals surface area contributed by atoms with Crippen LogP contribution in [0, 0.1) is 5.41 Å². The molecule has 2 heteroatoms. The number of esters is 1. The van der Waals surface area contributed by atoms with Gasteiger partial charge in [0, 0.05) is 5.56 Å². The summed E-state index contributed by atoms with van der Waals surface area (Å²) in [6.07, 6.45) is 1.80. The highest BCUT2D eigenvalue weighted by Gasteiger charge is 2.24. The summed E-state index contributed by atoms with van der Waals surface area (Å²) in [5, 5.41) is 0. The van der Waals surface area contributed by atoms with Gasteiger partial charge in [-0.2, -0.15) is 0 Å². The minimum absolute atomic E-state index is 0.218. The van der Waals surface area contributed by atoms with E-state index in [-0.39, 0.29) is 5.97 Å². The lowest BCUT2D eigenvalue weighted by Gasteiger charge is -2.18. The molecule has 16 heavy (non-hydrogen) atoms. The Morgan fingerprint density at radius 3 is 2.19 bits per heavy atom. The summed E-state index contributed by atoms with van der Waals surface area (Å²) < 4.78 is 5.37. The first-order valence-electron chi connectivity index (χ1n) is 5.39. The summed E-state index contributed by atoms with van der Waals surface area (Å²) in [7, 11) is 0. The van der Waals surface area contributed by atoms with Crippen LogP contribution in [0.5, 0.6) is 0 Å². The molecule has 0 unspecified atom stereocenters. The maximum absolute atomic E-state index is 11.7. The van der Waals surface area contributed by atoms with Gasteiger partial charge in [-0.1, -0.05) is 30.3 Å². The Morgan fingerprint density at radius 2 is 1.75 bits per heavy atom. The molecule has 0 aromatic heterocycles. The molecule has 2 nitrogen and oxygen atoms in total. The van der Waals surface area contributed by atoms with Gasteiger partial charge in [0.25, 0.3) is 0 Å². The van der Waals surface area contributed by atoms with Gasteiger partial charge in [0.15, 0.2) is 0 Å². The highest BCUT2D eigenvalue weighted by Crippen LogP contribution is 2.22. The number of rotatable bonds is 2. The molecule has 0 aliphatic rings. The number of ether oxygens (including phenoxy) is 1. The van der Waals surface area contributed by atoms with Gasteiger partial charge in [0.1, 0.15) is 5.76 Å². The van der Waals surface area contributed by atoms with Crippen LogP contribution in [0.1, 0.15) is 33.3 Å². The highest BCUT2D eigenvalue weighted by atomic mass is 16.5. The lowest BCUT2D eigenvalue weighted by Crippen LogP contribution is -2.22. The summed E-state index contributed by atoms with van der Waals surface area (Å²) in [4.78, 5) is 11.7. The number of benzene rings is 1. The van der Waals surface area contributed by atoms with Crippen molar-refractivity contribution in [1.82, 2.24) is 0 Å². The van der Waals surface area contributed by atoms with Gasteiger partial charge in [-0.3, -0.25) is 4.79 Å². The third-order valence-corrected chi connectivity index (χ3v) is 2.14. The van der Waals surface area contributed by atoms with Crippen LogP contribution in [0.3, 0.4) is 0 Å². The zero-order valence-corrected chi connectivity index (χ0v) is 10.3. The first-order chi connectivity index (χ1) is 7.45. The first-order valence-corrected chi connectivity index (χ1v) is 5.39. The largest absolute Gasteiger partial charge is 0.426 e. The molecule has 0 heterocycles. The average molecular weight is 218 g/mol. The Labute approximate surface area is 96.9 Å². The monoisotopic (exact) mass is 218 g/mol. The van der Waals surface area contributed by atoms with Crippen LogP contribution in [-0.4, -0.2) is 5.97 Å². The molecule has 0 bridgehead atoms. The smallest absolute Gasteiger partial charge is 0.316 e. The molecule has 0 atom stereocenters. The molecule has 0 N–H and O–H groups in total. The SMILES string of the molecule is C/C=C(/OC(=O)C(C)(C)C)c1ccccc1. The van der Waals surface area contributed by atoms with E-state index < -0.39 is 5.41 Å². The van der Waals surface area contributed by atoms with Crippen LogP contribution < -0.4 is 0 Å². The van der Waals surface area contributed by atoms with E-state index in [9.17, 15) is 4.79 Å². The lowest BCUT2D eigenvalue weighted by atomic mass is 9.97. The Bertz CT molecular complexity index is 383. The van der Waals surface area contributed by atoms with E-state index in [4.69, 9.17) is 4.74 Å². The van der Waals surface area contributed by atoms with Crippen LogP contribution in [0.15, 0.2) is 36.4 Å². The second-order valence-electron chi connectivity index (χ2n) is 4.66. The van der Waals surface area contributed by atoms with Crippen molar-refractivity contribution in [3.8, 4) is 0 Å². The normalized spacial score (nSPS) is 12.4. The Morgan fingerprint density at radius 1 is 1.19 bits per heavy atom. The minimum Gasteiger partial charge on any atom is -0.426 e. The van der Waals surface area contributed by atoms with Crippen molar-refractivity contribution in [2.45, 2.75) is 27.7 Å². The molecule has 0 spiro atoms. The summed E-state index contributed by atoms with van der Waals surface area (Å²) >= 11 is 0. The van der Waals surface area contributed by atoms with Crippen molar-refractivity contribution in [2.75, 3.05) is 0 Å². The lowest BCUT2D eigenvalue weighted by molar-refractivity contribution is -0.145. The summed E-state index contributed by atoms with van der Waals surface area (Å²) in [6.45, 7) is 7.38. The van der Waals surface area contributed by atoms with Gasteiger partial charge in [-0.05, 0) is 33.8 Å². The van der Waals surface area contributed by atoms with Gasteiger partial charge >= 0.3 is 5.97 Å². The molecule has 1 aromatic carbocycles. The third-order valence-electron chi connectivity index (χ3n) is 2.14. The van der Waals surface area contributed by atoms with Crippen LogP contribution in [0.25, 0.3) is 5.76 Å². The number of hydrogen-bond donors (Lipinski definition) is 0. The Kier molecular flexibility index (Phi) is 3.88. The zero-order valence-electron chi connectivity index (χ0n) is 10.3. The molecule has 1 rings (SSSR count). The Balaban J connectivity index is 2.84. The highest BCUT2D eigenvalue weighted by molar-refractivity contribution is 5.82. The van der Waals surface area contributed by atoms with E-state index in [1.807, 2.05) is 58.0 Å². The molecule has 0 saturated carbocycles. The minimum atomic E-state index is -0.483. The van der Waals surface area contributed by atoms with E-state index >= 15 is 0 Å². The Hall–Kier alpha value is -1.57. The van der Waals surface area contributed by atoms with Gasteiger partial charge < -0.3 is 4.74 Å². The topological polar surface area (TPSA) is 26.3 Å². The van der Waals surface area contributed by atoms with E-state index in [0.717, 1.165) is 5.56 Å². The van der Waals surface area contributed by atoms with Crippen molar-refractivity contribution in [2.24, 2.45) is 5.41 Å². The second-order valence-corrected chi connectivity index (χ2v) is 4.66. The van der Waals surface area contributed by atoms with Gasteiger partial charge in [-0.15, -0.1) is 0 Å². The molecule has 1 aromatic rings. The molecule has 0 aliphatic carbocycles. The van der Waals surface area contributed by atoms with Crippen molar-refractivity contribution in [3.63, 3.8) is 0 Å². The number of allylic oxidation sites excluding steroid dienone is 1. The van der Waals surface area contributed by atoms with Gasteiger partial charge in [0.2, 0.25) is 0 Å². The van der Waals surface area contributed by atoms with E-state index in [1.54, 1.807) is 6.08 Å². The number of carbonyl (C=O) groups excluding carboxylic acids is 1. The number of carbonyl (C=O) groups is 1. The quantitative estimate of drug-likeness (QED) is 0.559. The van der Waals surface area contributed by atoms with Crippen molar-refractivity contribution < 1.29 is 9.53 Å². The molecule has 0 radical (unpaired) electrons. The maximum atomic E-state index is 11.7. The standard InChI is InChI=1S/C14H18O2/c1-5-12(11-9-7-6-8-10-11)16-13(15)14(2,3)4/h5-10H,1-4H3/b12-5+. The number of hydrogen-bond acceptors (Lipinski definition) is 2. The summed E-state index contributed by atoms with van der Waals surface area (Å²) in [5.41, 5.74) is 0.436. The molecular weight excluding hydrogens is 200 g/mol.